The van der Waals surface area contributed by atoms with Gasteiger partial charge in [-0.1, -0.05) is 31.5 Å². The van der Waals surface area contributed by atoms with Crippen molar-refractivity contribution < 1.29 is 13.2 Å². The van der Waals surface area contributed by atoms with E-state index in [1.807, 2.05) is 6.92 Å². The van der Waals surface area contributed by atoms with Crippen molar-refractivity contribution >= 4 is 15.9 Å². The zero-order valence-corrected chi connectivity index (χ0v) is 16.6. The van der Waals surface area contributed by atoms with Gasteiger partial charge in [0.25, 0.3) is 10.0 Å². The lowest BCUT2D eigenvalue weighted by Gasteiger charge is -2.64. The Morgan fingerprint density at radius 3 is 2.12 bits per heavy atom. The van der Waals surface area contributed by atoms with Crippen molar-refractivity contribution in [3.05, 3.63) is 29.8 Å². The molecule has 0 heterocycles. The molecule has 2 N–H and O–H groups in total. The van der Waals surface area contributed by atoms with Gasteiger partial charge in [-0.05, 0) is 74.3 Å². The highest BCUT2D eigenvalue weighted by atomic mass is 32.2. The number of hydrazine groups is 1. The Balaban J connectivity index is 1.51. The third-order valence-electron chi connectivity index (χ3n) is 6.74. The molecular weight excluding hydrogens is 348 g/mol. The minimum absolute atomic E-state index is 0.158. The molecule has 2 unspecified atom stereocenters. The average molecular weight is 377 g/mol. The maximum Gasteiger partial charge on any atom is 0.257 e. The highest BCUT2D eigenvalue weighted by Gasteiger charge is 2.62. The standard InChI is InChI=1S/C20H28N2O3S/c1-14-4-6-16(7-5-14)26(24,25)22-21-17(23)20-10-15-8-18(2,12-20)11-19(3,9-15)13-20/h4-7,15,22H,8-13H2,1-3H3,(H,21,23)/t15?,18-,19+,20?. The highest BCUT2D eigenvalue weighted by Crippen LogP contribution is 2.69. The maximum absolute atomic E-state index is 13.1. The molecule has 0 aromatic heterocycles. The number of sulfonamides is 1. The van der Waals surface area contributed by atoms with Gasteiger partial charge in [-0.25, -0.2) is 8.42 Å². The van der Waals surface area contributed by atoms with Gasteiger partial charge in [0.05, 0.1) is 10.3 Å². The SMILES string of the molecule is Cc1ccc(S(=O)(=O)NNC(=O)C23CC4C[C@@](C)(C2)C[C@](C)(C4)C3)cc1. The van der Waals surface area contributed by atoms with E-state index in [4.69, 9.17) is 0 Å². The topological polar surface area (TPSA) is 75.3 Å². The van der Waals surface area contributed by atoms with Gasteiger partial charge in [-0.2, -0.15) is 0 Å². The lowest BCUT2D eigenvalue weighted by atomic mass is 9.40. The molecule has 26 heavy (non-hydrogen) atoms. The van der Waals surface area contributed by atoms with Crippen LogP contribution in [0.2, 0.25) is 0 Å². The summed E-state index contributed by atoms with van der Waals surface area (Å²) in [4.78, 5) is 15.6. The van der Waals surface area contributed by atoms with E-state index in [2.05, 4.69) is 24.1 Å². The summed E-state index contributed by atoms with van der Waals surface area (Å²) in [5, 5.41) is 0. The van der Waals surface area contributed by atoms with E-state index in [1.165, 1.54) is 19.3 Å². The molecule has 5 rings (SSSR count). The number of benzene rings is 1. The summed E-state index contributed by atoms with van der Waals surface area (Å²) < 4.78 is 25.0. The smallest absolute Gasteiger partial charge is 0.257 e. The molecule has 4 bridgehead atoms. The fraction of sp³-hybridized carbons (Fsp3) is 0.650. The number of aryl methyl sites for hydroxylation is 1. The van der Waals surface area contributed by atoms with Gasteiger partial charge in [-0.3, -0.25) is 10.2 Å². The van der Waals surface area contributed by atoms with Crippen LogP contribution in [0, 0.1) is 29.1 Å². The van der Waals surface area contributed by atoms with Crippen molar-refractivity contribution in [2.45, 2.75) is 64.2 Å². The number of hydrogen-bond acceptors (Lipinski definition) is 3. The number of nitrogens with one attached hydrogen (secondary N) is 2. The van der Waals surface area contributed by atoms with Crippen LogP contribution in [-0.4, -0.2) is 14.3 Å². The Kier molecular flexibility index (Phi) is 3.84. The third kappa shape index (κ3) is 2.97. The Morgan fingerprint density at radius 1 is 1.00 bits per heavy atom. The Hall–Kier alpha value is -1.40. The van der Waals surface area contributed by atoms with Gasteiger partial charge in [0.15, 0.2) is 0 Å². The van der Waals surface area contributed by atoms with Crippen LogP contribution >= 0.6 is 0 Å². The van der Waals surface area contributed by atoms with Crippen LogP contribution in [0.5, 0.6) is 0 Å². The summed E-state index contributed by atoms with van der Waals surface area (Å²) >= 11 is 0. The van der Waals surface area contributed by atoms with E-state index in [-0.39, 0.29) is 21.6 Å². The van der Waals surface area contributed by atoms with E-state index in [1.54, 1.807) is 24.3 Å². The van der Waals surface area contributed by atoms with E-state index in [9.17, 15) is 13.2 Å². The number of carbonyl (C=O) groups is 1. The third-order valence-corrected chi connectivity index (χ3v) is 8.00. The van der Waals surface area contributed by atoms with Gasteiger partial charge in [0.1, 0.15) is 0 Å². The van der Waals surface area contributed by atoms with Gasteiger partial charge < -0.3 is 0 Å². The minimum atomic E-state index is -3.76. The molecule has 4 fully saturated rings. The number of carbonyl (C=O) groups excluding carboxylic acids is 1. The Labute approximate surface area is 156 Å². The molecule has 0 aliphatic heterocycles. The van der Waals surface area contributed by atoms with Gasteiger partial charge in [0, 0.05) is 0 Å². The molecule has 6 heteroatoms. The summed E-state index contributed by atoms with van der Waals surface area (Å²) in [6.07, 6.45) is 6.20. The summed E-state index contributed by atoms with van der Waals surface area (Å²) in [7, 11) is -3.76. The largest absolute Gasteiger partial charge is 0.277 e. The molecule has 0 saturated heterocycles. The first-order valence-corrected chi connectivity index (χ1v) is 10.9. The molecule has 4 aliphatic carbocycles. The second kappa shape index (κ2) is 5.55. The maximum atomic E-state index is 13.1. The van der Waals surface area contributed by atoms with E-state index in [0.29, 0.717) is 5.92 Å². The first-order chi connectivity index (χ1) is 12.0. The number of rotatable bonds is 4. The first-order valence-electron chi connectivity index (χ1n) is 9.42. The van der Waals surface area contributed by atoms with Gasteiger partial charge in [0.2, 0.25) is 5.91 Å². The number of hydrogen-bond donors (Lipinski definition) is 2. The summed E-state index contributed by atoms with van der Waals surface area (Å²) in [5.41, 5.74) is 3.53. The van der Waals surface area contributed by atoms with Gasteiger partial charge >= 0.3 is 0 Å². The molecule has 4 aliphatic rings. The van der Waals surface area contributed by atoms with E-state index >= 15 is 0 Å². The molecule has 142 valence electrons. The quantitative estimate of drug-likeness (QED) is 0.792. The zero-order chi connectivity index (χ0) is 18.8. The molecule has 1 aromatic carbocycles. The van der Waals surface area contributed by atoms with Crippen molar-refractivity contribution in [2.24, 2.45) is 22.2 Å². The molecule has 4 saturated carbocycles. The van der Waals surface area contributed by atoms with Crippen molar-refractivity contribution in [3.8, 4) is 0 Å². The average Bonchev–Trinajstić information content (AvgIpc) is 2.49. The first kappa shape index (κ1) is 18.0. The molecule has 4 atom stereocenters. The molecule has 5 nitrogen and oxygen atoms in total. The van der Waals surface area contributed by atoms with Crippen LogP contribution in [0.4, 0.5) is 0 Å². The Morgan fingerprint density at radius 2 is 1.58 bits per heavy atom. The second-order valence-electron chi connectivity index (χ2n) is 9.78. The number of amides is 1. The normalized spacial score (nSPS) is 38.3. The van der Waals surface area contributed by atoms with Crippen molar-refractivity contribution in [2.75, 3.05) is 0 Å². The van der Waals surface area contributed by atoms with Crippen LogP contribution in [0.1, 0.15) is 57.9 Å². The minimum Gasteiger partial charge on any atom is -0.277 e. The predicted molar refractivity (Wildman–Crippen MR) is 99.5 cm³/mol. The fourth-order valence-corrected chi connectivity index (χ4v) is 7.56. The Bertz CT molecular complexity index is 828. The van der Waals surface area contributed by atoms with Crippen LogP contribution in [0.25, 0.3) is 0 Å². The molecular formula is C20H28N2O3S. The summed E-state index contributed by atoms with van der Waals surface area (Å²) in [6, 6.07) is 6.60. The van der Waals surface area contributed by atoms with Crippen LogP contribution in [0.3, 0.4) is 0 Å². The predicted octanol–water partition coefficient (Wildman–Crippen LogP) is 3.30. The van der Waals surface area contributed by atoms with Gasteiger partial charge in [-0.15, -0.1) is 4.83 Å². The summed E-state index contributed by atoms with van der Waals surface area (Å²) in [5.74, 6) is 0.426. The highest BCUT2D eigenvalue weighted by molar-refractivity contribution is 7.89. The molecule has 0 spiro atoms. The zero-order valence-electron chi connectivity index (χ0n) is 15.8. The van der Waals surface area contributed by atoms with Crippen molar-refractivity contribution in [1.82, 2.24) is 10.3 Å². The lowest BCUT2D eigenvalue weighted by molar-refractivity contribution is -0.170. The van der Waals surface area contributed by atoms with Crippen LogP contribution in [0.15, 0.2) is 29.2 Å². The molecule has 1 amide bonds. The second-order valence-corrected chi connectivity index (χ2v) is 11.5. The molecule has 1 aromatic rings. The molecule has 0 radical (unpaired) electrons. The fourth-order valence-electron chi connectivity index (χ4n) is 6.72. The summed E-state index contributed by atoms with van der Waals surface area (Å²) in [6.45, 7) is 6.50. The monoisotopic (exact) mass is 376 g/mol. The van der Waals surface area contributed by atoms with Crippen LogP contribution < -0.4 is 10.3 Å². The van der Waals surface area contributed by atoms with Crippen molar-refractivity contribution in [3.63, 3.8) is 0 Å². The van der Waals surface area contributed by atoms with E-state index < -0.39 is 15.4 Å². The van der Waals surface area contributed by atoms with Crippen LogP contribution in [-0.2, 0) is 14.8 Å². The lowest BCUT2D eigenvalue weighted by Crippen LogP contribution is -2.61. The van der Waals surface area contributed by atoms with Crippen molar-refractivity contribution in [1.29, 1.82) is 0 Å². The van der Waals surface area contributed by atoms with E-state index in [0.717, 1.165) is 24.8 Å².